The van der Waals surface area contributed by atoms with Crippen molar-refractivity contribution in [2.24, 2.45) is 0 Å². The minimum atomic E-state index is -3.10. The van der Waals surface area contributed by atoms with E-state index in [9.17, 15) is 25.3 Å². The molecule has 12 nitrogen and oxygen atoms in total. The van der Waals surface area contributed by atoms with Gasteiger partial charge in [-0.05, 0) is 0 Å². The standard InChI is InChI=1S/C7H16N4O4S2.C3H8N2O2S/c12-16(13)3-1-10(5-8-16)7-11-2-4-17(14,15)9-6-11;6-8(7)2-1-4-3-5-8/h8-9H,1-7H2;4-5H,1-3H2. The van der Waals surface area contributed by atoms with Gasteiger partial charge in [-0.2, -0.15) is 0 Å². The summed E-state index contributed by atoms with van der Waals surface area (Å²) >= 11 is 0. The predicted octanol–water partition coefficient (Wildman–Crippen LogP) is -4.20. The van der Waals surface area contributed by atoms with Crippen LogP contribution in [0, 0.1) is 0 Å². The Balaban J connectivity index is 0.000000236. The molecule has 0 spiro atoms. The van der Waals surface area contributed by atoms with Crippen LogP contribution in [0.15, 0.2) is 0 Å². The van der Waals surface area contributed by atoms with Gasteiger partial charge in [0.25, 0.3) is 0 Å². The minimum absolute atomic E-state index is 0.0898. The Morgan fingerprint density at radius 3 is 1.44 bits per heavy atom. The molecule has 0 atom stereocenters. The first-order valence-corrected chi connectivity index (χ1v) is 12.6. The summed E-state index contributed by atoms with van der Waals surface area (Å²) in [6.07, 6.45) is 0. The Bertz CT molecular complexity index is 668. The molecule has 0 aliphatic carbocycles. The molecule has 15 heteroatoms. The van der Waals surface area contributed by atoms with E-state index in [1.165, 1.54) is 0 Å². The maximum absolute atomic E-state index is 11.1. The summed E-state index contributed by atoms with van der Waals surface area (Å²) in [5.41, 5.74) is 0. The number of rotatable bonds is 2. The van der Waals surface area contributed by atoms with Crippen molar-refractivity contribution in [3.63, 3.8) is 0 Å². The Hall–Kier alpha value is -0.390. The molecule has 3 aliphatic heterocycles. The van der Waals surface area contributed by atoms with E-state index in [0.717, 1.165) is 0 Å². The van der Waals surface area contributed by atoms with Gasteiger partial charge >= 0.3 is 0 Å². The summed E-state index contributed by atoms with van der Waals surface area (Å²) in [7, 11) is -9.09. The van der Waals surface area contributed by atoms with E-state index in [0.29, 0.717) is 33.0 Å². The highest BCUT2D eigenvalue weighted by Crippen LogP contribution is 2.03. The summed E-state index contributed by atoms with van der Waals surface area (Å²) < 4.78 is 72.7. The summed E-state index contributed by atoms with van der Waals surface area (Å²) in [5, 5.41) is 2.85. The van der Waals surface area contributed by atoms with E-state index in [2.05, 4.69) is 19.5 Å². The zero-order chi connectivity index (χ0) is 18.6. The van der Waals surface area contributed by atoms with Crippen LogP contribution in [0.4, 0.5) is 0 Å². The maximum Gasteiger partial charge on any atom is 0.213 e. The SMILES string of the molecule is O=S1(=O)CCN(CN2CCS(=O)(=O)NC2)CN1.O=S1(=O)CCNCN1. The highest BCUT2D eigenvalue weighted by atomic mass is 32.2. The fraction of sp³-hybridized carbons (Fsp3) is 1.00. The van der Waals surface area contributed by atoms with Crippen LogP contribution in [0.2, 0.25) is 0 Å². The van der Waals surface area contributed by atoms with E-state index >= 15 is 0 Å². The lowest BCUT2D eigenvalue weighted by atomic mass is 10.5. The Morgan fingerprint density at radius 2 is 1.16 bits per heavy atom. The predicted molar refractivity (Wildman–Crippen MR) is 91.7 cm³/mol. The number of sulfonamides is 3. The quantitative estimate of drug-likeness (QED) is 0.348. The Labute approximate surface area is 148 Å². The van der Waals surface area contributed by atoms with Gasteiger partial charge in [0.2, 0.25) is 30.1 Å². The van der Waals surface area contributed by atoms with Crippen LogP contribution in [0.3, 0.4) is 0 Å². The average Bonchev–Trinajstić information content (AvgIpc) is 2.52. The van der Waals surface area contributed by atoms with Gasteiger partial charge in [-0.3, -0.25) is 9.80 Å². The first kappa shape index (κ1) is 20.9. The van der Waals surface area contributed by atoms with Crippen molar-refractivity contribution < 1.29 is 25.3 Å². The third-order valence-electron chi connectivity index (χ3n) is 3.73. The summed E-state index contributed by atoms with van der Waals surface area (Å²) in [5.74, 6) is 0.381. The van der Waals surface area contributed by atoms with Crippen molar-refractivity contribution in [1.29, 1.82) is 0 Å². The van der Waals surface area contributed by atoms with Gasteiger partial charge < -0.3 is 5.32 Å². The molecule has 3 aliphatic rings. The van der Waals surface area contributed by atoms with Crippen LogP contribution in [0.5, 0.6) is 0 Å². The number of nitrogens with zero attached hydrogens (tertiary/aromatic N) is 2. The van der Waals surface area contributed by atoms with E-state index < -0.39 is 30.1 Å². The molecule has 4 N–H and O–H groups in total. The van der Waals surface area contributed by atoms with E-state index in [1.54, 1.807) is 0 Å². The van der Waals surface area contributed by atoms with Crippen LogP contribution in [-0.4, -0.2) is 98.6 Å². The highest BCUT2D eigenvalue weighted by molar-refractivity contribution is 7.90. The smallest absolute Gasteiger partial charge is 0.213 e. The lowest BCUT2D eigenvalue weighted by Gasteiger charge is -2.34. The van der Waals surface area contributed by atoms with E-state index in [1.807, 2.05) is 9.80 Å². The second kappa shape index (κ2) is 8.53. The van der Waals surface area contributed by atoms with Crippen molar-refractivity contribution >= 4 is 30.1 Å². The largest absolute Gasteiger partial charge is 0.303 e. The van der Waals surface area contributed by atoms with E-state index in [4.69, 9.17) is 0 Å². The minimum Gasteiger partial charge on any atom is -0.303 e. The van der Waals surface area contributed by atoms with Gasteiger partial charge in [-0.15, -0.1) is 0 Å². The summed E-state index contributed by atoms with van der Waals surface area (Å²) in [6, 6.07) is 0. The van der Waals surface area contributed by atoms with Gasteiger partial charge in [0.15, 0.2) is 0 Å². The highest BCUT2D eigenvalue weighted by Gasteiger charge is 2.25. The molecular formula is C10H24N6O6S3. The molecule has 148 valence electrons. The van der Waals surface area contributed by atoms with Gasteiger partial charge in [0.05, 0.1) is 43.9 Å². The number of hydrogen-bond donors (Lipinski definition) is 4. The van der Waals surface area contributed by atoms with Crippen molar-refractivity contribution in [2.45, 2.75) is 0 Å². The third-order valence-corrected chi connectivity index (χ3v) is 7.64. The molecule has 3 fully saturated rings. The maximum atomic E-state index is 11.1. The van der Waals surface area contributed by atoms with Crippen LogP contribution in [0.25, 0.3) is 0 Å². The Morgan fingerprint density at radius 1 is 0.680 bits per heavy atom. The molecule has 0 bridgehead atoms. The molecule has 0 radical (unpaired) electrons. The molecule has 3 rings (SSSR count). The number of nitrogens with one attached hydrogen (secondary N) is 4. The molecule has 25 heavy (non-hydrogen) atoms. The first-order chi connectivity index (χ1) is 11.6. The number of hydrogen-bond acceptors (Lipinski definition) is 9. The van der Waals surface area contributed by atoms with Crippen LogP contribution in [0.1, 0.15) is 0 Å². The average molecular weight is 421 g/mol. The molecule has 3 heterocycles. The van der Waals surface area contributed by atoms with Crippen LogP contribution < -0.4 is 19.5 Å². The lowest BCUT2D eigenvalue weighted by molar-refractivity contribution is 0.130. The van der Waals surface area contributed by atoms with Crippen molar-refractivity contribution in [2.75, 3.05) is 63.6 Å². The van der Waals surface area contributed by atoms with Crippen LogP contribution in [-0.2, 0) is 30.1 Å². The zero-order valence-corrected chi connectivity index (χ0v) is 16.1. The van der Waals surface area contributed by atoms with Crippen molar-refractivity contribution in [3.05, 3.63) is 0 Å². The molecule has 0 aromatic carbocycles. The van der Waals surface area contributed by atoms with Crippen molar-refractivity contribution in [1.82, 2.24) is 29.3 Å². The molecular weight excluding hydrogens is 396 g/mol. The molecule has 0 saturated carbocycles. The molecule has 0 amide bonds. The molecule has 0 aromatic heterocycles. The fourth-order valence-electron chi connectivity index (χ4n) is 2.23. The lowest BCUT2D eigenvalue weighted by Crippen LogP contribution is -2.55. The first-order valence-electron chi connectivity index (χ1n) is 7.64. The van der Waals surface area contributed by atoms with Gasteiger partial charge in [-0.25, -0.2) is 39.4 Å². The van der Waals surface area contributed by atoms with Gasteiger partial charge in [-0.1, -0.05) is 0 Å². The summed E-state index contributed by atoms with van der Waals surface area (Å²) in [6.45, 7) is 3.01. The zero-order valence-electron chi connectivity index (χ0n) is 13.6. The monoisotopic (exact) mass is 420 g/mol. The van der Waals surface area contributed by atoms with Gasteiger partial charge in [0.1, 0.15) is 0 Å². The fourth-order valence-corrected chi connectivity index (χ4v) is 5.16. The topological polar surface area (TPSA) is 157 Å². The van der Waals surface area contributed by atoms with Crippen molar-refractivity contribution in [3.8, 4) is 0 Å². The van der Waals surface area contributed by atoms with Crippen LogP contribution >= 0.6 is 0 Å². The second-order valence-corrected chi connectivity index (χ2v) is 11.6. The summed E-state index contributed by atoms with van der Waals surface area (Å²) in [4.78, 5) is 3.86. The van der Waals surface area contributed by atoms with Gasteiger partial charge in [0, 0.05) is 19.6 Å². The van der Waals surface area contributed by atoms with E-state index in [-0.39, 0.29) is 30.6 Å². The Kier molecular flexibility index (Phi) is 7.14. The third kappa shape index (κ3) is 7.79. The molecule has 0 aromatic rings. The normalized spacial score (nSPS) is 29.3. The molecule has 0 unspecified atom stereocenters. The molecule has 3 saturated heterocycles. The second-order valence-electron chi connectivity index (χ2n) is 5.81.